The predicted molar refractivity (Wildman–Crippen MR) is 81.6 cm³/mol. The van der Waals surface area contributed by atoms with Crippen molar-refractivity contribution in [3.8, 4) is 17.2 Å². The zero-order valence-electron chi connectivity index (χ0n) is 11.4. The van der Waals surface area contributed by atoms with E-state index in [1.54, 1.807) is 43.5 Å². The van der Waals surface area contributed by atoms with E-state index in [1.807, 2.05) is 0 Å². The molecular weight excluding hydrogens is 336 g/mol. The molecule has 2 aromatic carbocycles. The Balaban J connectivity index is 1.96. The molecule has 0 spiro atoms. The Morgan fingerprint density at radius 2 is 1.71 bits per heavy atom. The van der Waals surface area contributed by atoms with Gasteiger partial charge < -0.3 is 14.2 Å². The van der Waals surface area contributed by atoms with E-state index >= 15 is 0 Å². The van der Waals surface area contributed by atoms with E-state index < -0.39 is 0 Å². The van der Waals surface area contributed by atoms with Crippen LogP contribution in [0.15, 0.2) is 40.9 Å². The minimum Gasteiger partial charge on any atom is -0.497 e. The van der Waals surface area contributed by atoms with Gasteiger partial charge in [-0.15, -0.1) is 0 Å². The van der Waals surface area contributed by atoms with Crippen molar-refractivity contribution < 1.29 is 19.0 Å². The molecule has 0 saturated carbocycles. The number of methoxy groups -OCH3 is 1. The highest BCUT2D eigenvalue weighted by molar-refractivity contribution is 9.10. The van der Waals surface area contributed by atoms with Crippen LogP contribution < -0.4 is 14.2 Å². The van der Waals surface area contributed by atoms with Crippen molar-refractivity contribution in [2.75, 3.05) is 20.3 Å². The molecular formula is C16H13BrO4. The monoisotopic (exact) mass is 348 g/mol. The summed E-state index contributed by atoms with van der Waals surface area (Å²) in [5, 5.41) is 0. The maximum Gasteiger partial charge on any atom is 0.194 e. The Hall–Kier alpha value is -2.01. The second kappa shape index (κ2) is 5.77. The van der Waals surface area contributed by atoms with Crippen LogP contribution in [0.25, 0.3) is 0 Å². The number of fused-ring (bicyclic) bond motifs is 1. The Labute approximate surface area is 130 Å². The maximum absolute atomic E-state index is 12.6. The lowest BCUT2D eigenvalue weighted by Crippen LogP contribution is -2.16. The van der Waals surface area contributed by atoms with Gasteiger partial charge in [-0.25, -0.2) is 0 Å². The molecule has 1 aliphatic heterocycles. The average Bonchev–Trinajstić information content (AvgIpc) is 2.53. The minimum atomic E-state index is -0.0819. The van der Waals surface area contributed by atoms with Crippen LogP contribution >= 0.6 is 15.9 Å². The number of ketones is 1. The summed E-state index contributed by atoms with van der Waals surface area (Å²) >= 11 is 3.42. The second-order valence-corrected chi connectivity index (χ2v) is 5.39. The topological polar surface area (TPSA) is 44.8 Å². The zero-order chi connectivity index (χ0) is 14.8. The first-order valence-corrected chi connectivity index (χ1v) is 7.26. The summed E-state index contributed by atoms with van der Waals surface area (Å²) in [5.41, 5.74) is 1.14. The molecule has 0 aromatic heterocycles. The second-order valence-electron chi connectivity index (χ2n) is 4.53. The van der Waals surface area contributed by atoms with E-state index in [1.165, 1.54) is 0 Å². The third-order valence-electron chi connectivity index (χ3n) is 3.23. The lowest BCUT2D eigenvalue weighted by molar-refractivity contribution is 0.103. The molecule has 0 bridgehead atoms. The predicted octanol–water partition coefficient (Wildman–Crippen LogP) is 3.46. The molecule has 0 N–H and O–H groups in total. The van der Waals surface area contributed by atoms with Crippen LogP contribution in [0, 0.1) is 0 Å². The third-order valence-corrected chi connectivity index (χ3v) is 3.88. The smallest absolute Gasteiger partial charge is 0.194 e. The van der Waals surface area contributed by atoms with Crippen molar-refractivity contribution in [3.63, 3.8) is 0 Å². The summed E-state index contributed by atoms with van der Waals surface area (Å²) in [6.45, 7) is 1.01. The number of ether oxygens (including phenoxy) is 3. The summed E-state index contributed by atoms with van der Waals surface area (Å²) < 4.78 is 16.8. The van der Waals surface area contributed by atoms with Crippen LogP contribution in [0.4, 0.5) is 0 Å². The van der Waals surface area contributed by atoms with Gasteiger partial charge in [0.1, 0.15) is 19.0 Å². The Morgan fingerprint density at radius 1 is 1.10 bits per heavy atom. The summed E-state index contributed by atoms with van der Waals surface area (Å²) in [4.78, 5) is 12.6. The van der Waals surface area contributed by atoms with Gasteiger partial charge >= 0.3 is 0 Å². The van der Waals surface area contributed by atoms with Gasteiger partial charge in [0.05, 0.1) is 7.11 Å². The van der Waals surface area contributed by atoms with Crippen LogP contribution in [-0.4, -0.2) is 26.1 Å². The fourth-order valence-electron chi connectivity index (χ4n) is 2.14. The largest absolute Gasteiger partial charge is 0.497 e. The standard InChI is InChI=1S/C16H13BrO4/c1-19-11-4-2-10(3-5-11)16(18)12-8-14-15(9-13(12)17)21-7-6-20-14/h2-5,8-9H,6-7H2,1H3. The van der Waals surface area contributed by atoms with Gasteiger partial charge in [0.25, 0.3) is 0 Å². The average molecular weight is 349 g/mol. The first-order chi connectivity index (χ1) is 10.2. The molecule has 0 atom stereocenters. The van der Waals surface area contributed by atoms with Gasteiger partial charge in [-0.3, -0.25) is 4.79 Å². The highest BCUT2D eigenvalue weighted by Crippen LogP contribution is 2.36. The van der Waals surface area contributed by atoms with Crippen molar-refractivity contribution >= 4 is 21.7 Å². The molecule has 0 saturated heterocycles. The van der Waals surface area contributed by atoms with Gasteiger partial charge in [0.2, 0.25) is 0 Å². The van der Waals surface area contributed by atoms with Crippen molar-refractivity contribution in [2.24, 2.45) is 0 Å². The molecule has 0 amide bonds. The zero-order valence-corrected chi connectivity index (χ0v) is 13.0. The summed E-state index contributed by atoms with van der Waals surface area (Å²) in [6, 6.07) is 10.5. The van der Waals surface area contributed by atoms with E-state index in [9.17, 15) is 4.79 Å². The van der Waals surface area contributed by atoms with E-state index in [0.29, 0.717) is 46.1 Å². The number of hydrogen-bond acceptors (Lipinski definition) is 4. The first kappa shape index (κ1) is 13.9. The molecule has 0 radical (unpaired) electrons. The van der Waals surface area contributed by atoms with Crippen LogP contribution in [-0.2, 0) is 0 Å². The Kier molecular flexibility index (Phi) is 3.84. The van der Waals surface area contributed by atoms with Crippen LogP contribution in [0.2, 0.25) is 0 Å². The highest BCUT2D eigenvalue weighted by atomic mass is 79.9. The fourth-order valence-corrected chi connectivity index (χ4v) is 2.64. The normalized spacial score (nSPS) is 12.9. The summed E-state index contributed by atoms with van der Waals surface area (Å²) in [5.74, 6) is 1.88. The Morgan fingerprint density at radius 3 is 2.33 bits per heavy atom. The molecule has 4 nitrogen and oxygen atoms in total. The van der Waals surface area contributed by atoms with Gasteiger partial charge in [-0.1, -0.05) is 0 Å². The minimum absolute atomic E-state index is 0.0819. The lowest BCUT2D eigenvalue weighted by atomic mass is 10.0. The number of halogens is 1. The van der Waals surface area contributed by atoms with Crippen molar-refractivity contribution in [1.82, 2.24) is 0 Å². The van der Waals surface area contributed by atoms with E-state index in [0.717, 1.165) is 0 Å². The third kappa shape index (κ3) is 2.74. The quantitative estimate of drug-likeness (QED) is 0.796. The number of carbonyl (C=O) groups excluding carboxylic acids is 1. The van der Waals surface area contributed by atoms with Crippen molar-refractivity contribution in [2.45, 2.75) is 0 Å². The molecule has 0 unspecified atom stereocenters. The van der Waals surface area contributed by atoms with Crippen molar-refractivity contribution in [3.05, 3.63) is 52.0 Å². The van der Waals surface area contributed by atoms with Crippen LogP contribution in [0.3, 0.4) is 0 Å². The van der Waals surface area contributed by atoms with Gasteiger partial charge in [-0.05, 0) is 52.3 Å². The molecule has 108 valence electrons. The molecule has 3 rings (SSSR count). The highest BCUT2D eigenvalue weighted by Gasteiger charge is 2.19. The molecule has 0 aliphatic carbocycles. The molecule has 0 fully saturated rings. The number of benzene rings is 2. The lowest BCUT2D eigenvalue weighted by Gasteiger charge is -2.19. The number of carbonyl (C=O) groups is 1. The van der Waals surface area contributed by atoms with Crippen LogP contribution in [0.1, 0.15) is 15.9 Å². The molecule has 1 aliphatic rings. The fraction of sp³-hybridized carbons (Fsp3) is 0.188. The SMILES string of the molecule is COc1ccc(C(=O)c2cc3c(cc2Br)OCCO3)cc1. The van der Waals surface area contributed by atoms with Gasteiger partial charge in [-0.2, -0.15) is 0 Å². The number of rotatable bonds is 3. The molecule has 21 heavy (non-hydrogen) atoms. The Bertz CT molecular complexity index is 679. The first-order valence-electron chi connectivity index (χ1n) is 6.47. The van der Waals surface area contributed by atoms with E-state index in [4.69, 9.17) is 14.2 Å². The molecule has 1 heterocycles. The number of hydrogen-bond donors (Lipinski definition) is 0. The van der Waals surface area contributed by atoms with Crippen molar-refractivity contribution in [1.29, 1.82) is 0 Å². The summed E-state index contributed by atoms with van der Waals surface area (Å²) in [6.07, 6.45) is 0. The van der Waals surface area contributed by atoms with E-state index in [-0.39, 0.29) is 5.78 Å². The van der Waals surface area contributed by atoms with Gasteiger partial charge in [0, 0.05) is 15.6 Å². The molecule has 2 aromatic rings. The maximum atomic E-state index is 12.6. The van der Waals surface area contributed by atoms with Gasteiger partial charge in [0.15, 0.2) is 17.3 Å². The van der Waals surface area contributed by atoms with E-state index in [2.05, 4.69) is 15.9 Å². The summed E-state index contributed by atoms with van der Waals surface area (Å²) in [7, 11) is 1.59. The molecule has 5 heteroatoms. The van der Waals surface area contributed by atoms with Crippen LogP contribution in [0.5, 0.6) is 17.2 Å².